The second kappa shape index (κ2) is 9.79. The van der Waals surface area contributed by atoms with Gasteiger partial charge in [-0.25, -0.2) is 0 Å². The van der Waals surface area contributed by atoms with E-state index in [0.29, 0.717) is 24.7 Å². The summed E-state index contributed by atoms with van der Waals surface area (Å²) in [5.41, 5.74) is 2.62. The summed E-state index contributed by atoms with van der Waals surface area (Å²) in [5.74, 6) is 1.97. The van der Waals surface area contributed by atoms with Gasteiger partial charge in [-0.05, 0) is 48.4 Å². The number of anilines is 1. The molecule has 0 saturated carbocycles. The minimum absolute atomic E-state index is 0.118. The fourth-order valence-corrected chi connectivity index (χ4v) is 4.42. The van der Waals surface area contributed by atoms with Crippen molar-refractivity contribution < 1.29 is 19.0 Å². The lowest BCUT2D eigenvalue weighted by molar-refractivity contribution is -0.115. The quantitative estimate of drug-likeness (QED) is 0.508. The monoisotopic (exact) mass is 435 g/mol. The molecule has 0 aromatic heterocycles. The van der Waals surface area contributed by atoms with E-state index in [-0.39, 0.29) is 5.91 Å². The van der Waals surface area contributed by atoms with Crippen molar-refractivity contribution in [2.24, 2.45) is 0 Å². The number of hydrogen-bond acceptors (Lipinski definition) is 5. The van der Waals surface area contributed by atoms with Crippen LogP contribution in [0, 0.1) is 6.92 Å². The number of fused-ring (bicyclic) bond motifs is 1. The number of rotatable bonds is 6. The van der Waals surface area contributed by atoms with Gasteiger partial charge in [0.2, 0.25) is 5.91 Å². The number of carbonyl (C=O) groups is 1. The predicted molar refractivity (Wildman–Crippen MR) is 123 cm³/mol. The maximum atomic E-state index is 13.4. The van der Waals surface area contributed by atoms with Gasteiger partial charge in [-0.3, -0.25) is 4.79 Å². The fraction of sp³-hybridized carbons (Fsp3) is 0.240. The van der Waals surface area contributed by atoms with Crippen molar-refractivity contribution >= 4 is 23.4 Å². The van der Waals surface area contributed by atoms with Gasteiger partial charge in [-0.1, -0.05) is 36.4 Å². The standard InChI is InChI=1S/C25H25NO4S/c1-17-9-11-21(28-2)20(15-17)26-25(27)24(18-7-4-3-5-8-18)31-19-10-12-22-23(16-19)30-14-6-13-29-22/h3-5,7-12,15-16,24H,6,13-14H2,1-2H3,(H,26,27). The highest BCUT2D eigenvalue weighted by atomic mass is 32.2. The van der Waals surface area contributed by atoms with Gasteiger partial charge in [0.05, 0.1) is 26.0 Å². The lowest BCUT2D eigenvalue weighted by Crippen LogP contribution is -2.19. The summed E-state index contributed by atoms with van der Waals surface area (Å²) in [4.78, 5) is 14.3. The average Bonchev–Trinajstić information content (AvgIpc) is 3.03. The van der Waals surface area contributed by atoms with Crippen molar-refractivity contribution in [2.75, 3.05) is 25.6 Å². The zero-order valence-corrected chi connectivity index (χ0v) is 18.4. The van der Waals surface area contributed by atoms with Crippen molar-refractivity contribution in [3.63, 3.8) is 0 Å². The van der Waals surface area contributed by atoms with E-state index in [0.717, 1.165) is 33.9 Å². The number of benzene rings is 3. The molecular weight excluding hydrogens is 410 g/mol. The lowest BCUT2D eigenvalue weighted by atomic mass is 10.1. The topological polar surface area (TPSA) is 56.8 Å². The van der Waals surface area contributed by atoms with Crippen molar-refractivity contribution in [2.45, 2.75) is 23.5 Å². The Hall–Kier alpha value is -3.12. The van der Waals surface area contributed by atoms with E-state index in [1.165, 1.54) is 11.8 Å². The normalized spacial score (nSPS) is 13.7. The van der Waals surface area contributed by atoms with Gasteiger partial charge >= 0.3 is 0 Å². The molecule has 0 bridgehead atoms. The largest absolute Gasteiger partial charge is 0.495 e. The number of amides is 1. The Morgan fingerprint density at radius 1 is 1.00 bits per heavy atom. The maximum Gasteiger partial charge on any atom is 0.242 e. The predicted octanol–water partition coefficient (Wildman–Crippen LogP) is 5.64. The van der Waals surface area contributed by atoms with Crippen molar-refractivity contribution in [3.8, 4) is 17.2 Å². The van der Waals surface area contributed by atoms with Crippen molar-refractivity contribution in [1.82, 2.24) is 0 Å². The number of aryl methyl sites for hydroxylation is 1. The summed E-state index contributed by atoms with van der Waals surface area (Å²) in [7, 11) is 1.60. The maximum absolute atomic E-state index is 13.4. The van der Waals surface area contributed by atoms with Gasteiger partial charge in [0, 0.05) is 11.3 Å². The molecule has 0 saturated heterocycles. The number of thioether (sulfide) groups is 1. The highest BCUT2D eigenvalue weighted by molar-refractivity contribution is 8.00. The fourth-order valence-electron chi connectivity index (χ4n) is 3.37. The Morgan fingerprint density at radius 2 is 1.77 bits per heavy atom. The zero-order valence-electron chi connectivity index (χ0n) is 17.6. The molecule has 1 aliphatic heterocycles. The second-order valence-electron chi connectivity index (χ2n) is 7.26. The Labute approximate surface area is 186 Å². The summed E-state index contributed by atoms with van der Waals surface area (Å²) < 4.78 is 17.0. The van der Waals surface area contributed by atoms with E-state index in [4.69, 9.17) is 14.2 Å². The van der Waals surface area contributed by atoms with Crippen LogP contribution in [0.5, 0.6) is 17.2 Å². The smallest absolute Gasteiger partial charge is 0.242 e. The van der Waals surface area contributed by atoms with Crippen molar-refractivity contribution in [1.29, 1.82) is 0 Å². The van der Waals surface area contributed by atoms with Gasteiger partial charge in [-0.2, -0.15) is 0 Å². The molecule has 160 valence electrons. The Kier molecular flexibility index (Phi) is 6.67. The molecule has 0 fully saturated rings. The van der Waals surface area contributed by atoms with Gasteiger partial charge in [-0.15, -0.1) is 11.8 Å². The first-order valence-electron chi connectivity index (χ1n) is 10.2. The number of hydrogen-bond donors (Lipinski definition) is 1. The molecular formula is C25H25NO4S. The van der Waals surface area contributed by atoms with Gasteiger partial charge in [0.1, 0.15) is 11.0 Å². The van der Waals surface area contributed by atoms with Crippen LogP contribution in [0.2, 0.25) is 0 Å². The number of nitrogens with one attached hydrogen (secondary N) is 1. The van der Waals surface area contributed by atoms with E-state index in [1.807, 2.05) is 73.7 Å². The minimum Gasteiger partial charge on any atom is -0.495 e. The number of carbonyl (C=O) groups excluding carboxylic acids is 1. The third-order valence-corrected chi connectivity index (χ3v) is 6.17. The van der Waals surface area contributed by atoms with Crippen LogP contribution in [0.3, 0.4) is 0 Å². The molecule has 3 aromatic rings. The number of ether oxygens (including phenoxy) is 3. The molecule has 5 nitrogen and oxygen atoms in total. The molecule has 1 amide bonds. The summed E-state index contributed by atoms with van der Waals surface area (Å²) in [6.07, 6.45) is 0.852. The molecule has 1 atom stereocenters. The molecule has 4 rings (SSSR count). The summed E-state index contributed by atoms with van der Waals surface area (Å²) in [5, 5.41) is 2.60. The molecule has 31 heavy (non-hydrogen) atoms. The highest BCUT2D eigenvalue weighted by Gasteiger charge is 2.24. The highest BCUT2D eigenvalue weighted by Crippen LogP contribution is 2.41. The van der Waals surface area contributed by atoms with Crippen LogP contribution < -0.4 is 19.5 Å². The minimum atomic E-state index is -0.448. The van der Waals surface area contributed by atoms with E-state index in [9.17, 15) is 4.79 Å². The molecule has 0 spiro atoms. The first-order chi connectivity index (χ1) is 15.1. The first kappa shape index (κ1) is 21.1. The summed E-state index contributed by atoms with van der Waals surface area (Å²) in [6, 6.07) is 21.3. The van der Waals surface area contributed by atoms with Crippen LogP contribution in [0.25, 0.3) is 0 Å². The van der Waals surface area contributed by atoms with Gasteiger partial charge in [0.25, 0.3) is 0 Å². The van der Waals surface area contributed by atoms with Crippen LogP contribution >= 0.6 is 11.8 Å². The molecule has 0 radical (unpaired) electrons. The Bertz CT molecular complexity index is 1050. The van der Waals surface area contributed by atoms with Crippen LogP contribution in [-0.2, 0) is 4.79 Å². The van der Waals surface area contributed by atoms with Crippen LogP contribution in [0.15, 0.2) is 71.6 Å². The summed E-state index contributed by atoms with van der Waals surface area (Å²) >= 11 is 1.48. The lowest BCUT2D eigenvalue weighted by Gasteiger charge is -2.19. The molecule has 3 aromatic carbocycles. The van der Waals surface area contributed by atoms with E-state index >= 15 is 0 Å². The number of methoxy groups -OCH3 is 1. The van der Waals surface area contributed by atoms with Crippen LogP contribution in [0.4, 0.5) is 5.69 Å². The van der Waals surface area contributed by atoms with Crippen LogP contribution in [-0.4, -0.2) is 26.2 Å². The van der Waals surface area contributed by atoms with E-state index in [2.05, 4.69) is 5.32 Å². The first-order valence-corrected chi connectivity index (χ1v) is 11.1. The van der Waals surface area contributed by atoms with Crippen LogP contribution in [0.1, 0.15) is 22.8 Å². The molecule has 1 unspecified atom stereocenters. The van der Waals surface area contributed by atoms with E-state index < -0.39 is 5.25 Å². The molecule has 6 heteroatoms. The third-order valence-electron chi connectivity index (χ3n) is 4.93. The third kappa shape index (κ3) is 5.14. The molecule has 1 heterocycles. The second-order valence-corrected chi connectivity index (χ2v) is 8.44. The summed E-state index contributed by atoms with van der Waals surface area (Å²) in [6.45, 7) is 3.25. The Balaban J connectivity index is 1.62. The van der Waals surface area contributed by atoms with Gasteiger partial charge in [0.15, 0.2) is 11.5 Å². The molecule has 1 aliphatic rings. The van der Waals surface area contributed by atoms with Crippen molar-refractivity contribution in [3.05, 3.63) is 77.9 Å². The molecule has 1 N–H and O–H groups in total. The molecule has 0 aliphatic carbocycles. The zero-order chi connectivity index (χ0) is 21.6. The Morgan fingerprint density at radius 3 is 2.55 bits per heavy atom. The van der Waals surface area contributed by atoms with Gasteiger partial charge < -0.3 is 19.5 Å². The van der Waals surface area contributed by atoms with E-state index in [1.54, 1.807) is 7.11 Å². The SMILES string of the molecule is COc1ccc(C)cc1NC(=O)C(Sc1ccc2c(c1)OCCCO2)c1ccccc1. The average molecular weight is 436 g/mol.